The summed E-state index contributed by atoms with van der Waals surface area (Å²) in [5, 5.41) is 0. The van der Waals surface area contributed by atoms with Crippen LogP contribution in [0.1, 0.15) is 27.7 Å². The maximum atomic E-state index is 10.8. The summed E-state index contributed by atoms with van der Waals surface area (Å²) in [4.78, 5) is 10.8. The van der Waals surface area contributed by atoms with Crippen LogP contribution in [0.4, 0.5) is 4.79 Å². The average Bonchev–Trinajstić information content (AvgIpc) is 1.84. The van der Waals surface area contributed by atoms with Gasteiger partial charge in [0.05, 0.1) is 6.61 Å². The summed E-state index contributed by atoms with van der Waals surface area (Å²) < 4.78 is 9.47. The molecule has 0 heterocycles. The van der Waals surface area contributed by atoms with Crippen LogP contribution < -0.4 is 0 Å². The summed E-state index contributed by atoms with van der Waals surface area (Å²) in [5.74, 6) is 0. The first-order valence-electron chi connectivity index (χ1n) is 4.04. The lowest BCUT2D eigenvalue weighted by Crippen LogP contribution is -2.14. The quantitative estimate of drug-likeness (QED) is 0.484. The molecule has 0 aromatic rings. The Kier molecular flexibility index (Phi) is 5.17. The van der Waals surface area contributed by atoms with Crippen molar-refractivity contribution in [1.29, 1.82) is 0 Å². The highest BCUT2D eigenvalue weighted by atomic mass is 16.7. The Hall–Kier alpha value is -0.990. The third-order valence-electron chi connectivity index (χ3n) is 1.11. The molecular weight excluding hydrogens is 156 g/mol. The molecule has 0 rings (SSSR count). The molecule has 12 heavy (non-hydrogen) atoms. The smallest absolute Gasteiger partial charge is 0.435 e. The van der Waals surface area contributed by atoms with Gasteiger partial charge in [-0.15, -0.1) is 0 Å². The van der Waals surface area contributed by atoms with Gasteiger partial charge >= 0.3 is 6.16 Å². The van der Waals surface area contributed by atoms with Gasteiger partial charge in [0.15, 0.2) is 0 Å². The van der Waals surface area contributed by atoms with Crippen LogP contribution in [0.3, 0.4) is 0 Å². The molecule has 0 fully saturated rings. The number of rotatable bonds is 3. The lowest BCUT2D eigenvalue weighted by atomic mass is 10.2. The molecule has 0 aliphatic rings. The van der Waals surface area contributed by atoms with Gasteiger partial charge in [-0.3, -0.25) is 0 Å². The predicted octanol–water partition coefficient (Wildman–Crippen LogP) is 2.51. The summed E-state index contributed by atoms with van der Waals surface area (Å²) in [7, 11) is 0. The predicted molar refractivity (Wildman–Crippen MR) is 47.0 cm³/mol. The van der Waals surface area contributed by atoms with Crippen LogP contribution in [0.15, 0.2) is 11.6 Å². The van der Waals surface area contributed by atoms with Gasteiger partial charge in [0.2, 0.25) is 0 Å². The normalized spacial score (nSPS) is 11.7. The van der Waals surface area contributed by atoms with E-state index < -0.39 is 6.16 Å². The van der Waals surface area contributed by atoms with Gasteiger partial charge in [-0.2, -0.15) is 0 Å². The van der Waals surface area contributed by atoms with Crippen LogP contribution in [0.25, 0.3) is 0 Å². The summed E-state index contributed by atoms with van der Waals surface area (Å²) in [6.45, 7) is 7.78. The monoisotopic (exact) mass is 172 g/mol. The van der Waals surface area contributed by atoms with E-state index in [9.17, 15) is 4.79 Å². The van der Waals surface area contributed by atoms with Crippen molar-refractivity contribution >= 4 is 6.16 Å². The molecule has 0 aromatic carbocycles. The summed E-state index contributed by atoms with van der Waals surface area (Å²) >= 11 is 0. The van der Waals surface area contributed by atoms with Gasteiger partial charge in [-0.1, -0.05) is 5.57 Å². The van der Waals surface area contributed by atoms with Gasteiger partial charge in [-0.05, 0) is 33.8 Å². The summed E-state index contributed by atoms with van der Waals surface area (Å²) in [5.41, 5.74) is 1.12. The van der Waals surface area contributed by atoms with Crippen LogP contribution in [0, 0.1) is 0 Å². The molecule has 0 bridgehead atoms. The largest absolute Gasteiger partial charge is 0.508 e. The molecule has 3 heteroatoms. The standard InChI is InChI=1S/C9H16O3/c1-5-11-9(10)12-8(4)6-7(2)3/h6,8H,5H2,1-4H3. The molecule has 3 nitrogen and oxygen atoms in total. The van der Waals surface area contributed by atoms with Crippen molar-refractivity contribution < 1.29 is 14.3 Å². The second kappa shape index (κ2) is 5.63. The Morgan fingerprint density at radius 3 is 2.50 bits per heavy atom. The molecule has 0 aliphatic heterocycles. The van der Waals surface area contributed by atoms with Crippen molar-refractivity contribution in [2.24, 2.45) is 0 Å². The first-order valence-corrected chi connectivity index (χ1v) is 4.04. The maximum absolute atomic E-state index is 10.8. The first kappa shape index (κ1) is 11.0. The Labute approximate surface area is 73.4 Å². The Morgan fingerprint density at radius 2 is 2.08 bits per heavy atom. The molecule has 0 N–H and O–H groups in total. The molecule has 0 aliphatic carbocycles. The molecule has 0 saturated heterocycles. The number of carbonyl (C=O) groups is 1. The zero-order valence-electron chi connectivity index (χ0n) is 8.09. The van der Waals surface area contributed by atoms with E-state index in [-0.39, 0.29) is 6.10 Å². The Balaban J connectivity index is 3.76. The number of ether oxygens (including phenoxy) is 2. The van der Waals surface area contributed by atoms with Gasteiger partial charge in [0.1, 0.15) is 6.10 Å². The van der Waals surface area contributed by atoms with E-state index >= 15 is 0 Å². The fraction of sp³-hybridized carbons (Fsp3) is 0.667. The zero-order valence-corrected chi connectivity index (χ0v) is 8.09. The molecule has 0 spiro atoms. The van der Waals surface area contributed by atoms with Crippen LogP contribution in [-0.2, 0) is 9.47 Å². The van der Waals surface area contributed by atoms with Crippen molar-refractivity contribution in [3.05, 3.63) is 11.6 Å². The van der Waals surface area contributed by atoms with E-state index in [0.29, 0.717) is 6.61 Å². The lowest BCUT2D eigenvalue weighted by Gasteiger charge is -2.08. The minimum absolute atomic E-state index is 0.214. The molecule has 0 saturated carbocycles. The minimum Gasteiger partial charge on any atom is -0.435 e. The fourth-order valence-corrected chi connectivity index (χ4v) is 0.807. The number of allylic oxidation sites excluding steroid dienone is 1. The highest BCUT2D eigenvalue weighted by Gasteiger charge is 2.06. The molecule has 0 aromatic heterocycles. The third kappa shape index (κ3) is 5.77. The molecule has 70 valence electrons. The first-order chi connectivity index (χ1) is 5.56. The third-order valence-corrected chi connectivity index (χ3v) is 1.11. The van der Waals surface area contributed by atoms with E-state index in [1.54, 1.807) is 13.8 Å². The molecule has 0 radical (unpaired) electrons. The van der Waals surface area contributed by atoms with Crippen LogP contribution in [-0.4, -0.2) is 18.9 Å². The zero-order chi connectivity index (χ0) is 9.56. The van der Waals surface area contributed by atoms with Crippen LogP contribution >= 0.6 is 0 Å². The van der Waals surface area contributed by atoms with E-state index in [0.717, 1.165) is 5.57 Å². The molecule has 1 atom stereocenters. The van der Waals surface area contributed by atoms with Gasteiger partial charge in [0, 0.05) is 0 Å². The Bertz CT molecular complexity index is 169. The van der Waals surface area contributed by atoms with Crippen molar-refractivity contribution in [3.8, 4) is 0 Å². The SMILES string of the molecule is CCOC(=O)OC(C)C=C(C)C. The van der Waals surface area contributed by atoms with Crippen molar-refractivity contribution in [2.45, 2.75) is 33.8 Å². The topological polar surface area (TPSA) is 35.5 Å². The second-order valence-corrected chi connectivity index (χ2v) is 2.75. The highest BCUT2D eigenvalue weighted by Crippen LogP contribution is 2.00. The number of carbonyl (C=O) groups excluding carboxylic acids is 1. The van der Waals surface area contributed by atoms with Gasteiger partial charge in [0.25, 0.3) is 0 Å². The summed E-state index contributed by atoms with van der Waals surface area (Å²) in [6, 6.07) is 0. The summed E-state index contributed by atoms with van der Waals surface area (Å²) in [6.07, 6.45) is 1.04. The molecule has 0 amide bonds. The van der Waals surface area contributed by atoms with Crippen molar-refractivity contribution in [1.82, 2.24) is 0 Å². The minimum atomic E-state index is -0.609. The molecule has 1 unspecified atom stereocenters. The maximum Gasteiger partial charge on any atom is 0.508 e. The Morgan fingerprint density at radius 1 is 1.50 bits per heavy atom. The van der Waals surface area contributed by atoms with E-state index in [2.05, 4.69) is 4.74 Å². The average molecular weight is 172 g/mol. The number of hydrogen-bond acceptors (Lipinski definition) is 3. The van der Waals surface area contributed by atoms with E-state index in [4.69, 9.17) is 4.74 Å². The van der Waals surface area contributed by atoms with E-state index in [1.807, 2.05) is 19.9 Å². The van der Waals surface area contributed by atoms with E-state index in [1.165, 1.54) is 0 Å². The second-order valence-electron chi connectivity index (χ2n) is 2.75. The number of hydrogen-bond donors (Lipinski definition) is 0. The highest BCUT2D eigenvalue weighted by molar-refractivity contribution is 5.60. The lowest BCUT2D eigenvalue weighted by molar-refractivity contribution is 0.0452. The fourth-order valence-electron chi connectivity index (χ4n) is 0.807. The van der Waals surface area contributed by atoms with Crippen molar-refractivity contribution in [2.75, 3.05) is 6.61 Å². The van der Waals surface area contributed by atoms with Crippen molar-refractivity contribution in [3.63, 3.8) is 0 Å². The van der Waals surface area contributed by atoms with Gasteiger partial charge < -0.3 is 9.47 Å². The van der Waals surface area contributed by atoms with Crippen LogP contribution in [0.5, 0.6) is 0 Å². The van der Waals surface area contributed by atoms with Gasteiger partial charge in [-0.25, -0.2) is 4.79 Å². The molecular formula is C9H16O3. The van der Waals surface area contributed by atoms with Crippen LogP contribution in [0.2, 0.25) is 0 Å².